The molecule has 2 aromatic rings. The average Bonchev–Trinajstić information content (AvgIpc) is 3.35. The van der Waals surface area contributed by atoms with Gasteiger partial charge >= 0.3 is 0 Å². The number of hydrogen-bond donors (Lipinski definition) is 0. The lowest BCUT2D eigenvalue weighted by molar-refractivity contribution is -0.131. The average molecular weight is 429 g/mol. The molecule has 2 heterocycles. The van der Waals surface area contributed by atoms with Crippen molar-refractivity contribution in [3.63, 3.8) is 0 Å². The molecule has 0 unspecified atom stereocenters. The van der Waals surface area contributed by atoms with E-state index >= 15 is 0 Å². The molecule has 2 fully saturated rings. The number of piperazine rings is 1. The van der Waals surface area contributed by atoms with Gasteiger partial charge in [0.25, 0.3) is 0 Å². The Balaban J connectivity index is 1.31. The second kappa shape index (κ2) is 9.12. The standard InChI is InChI=1S/C22H28N4O3S/c27-21(11-17-30(28,29)19-8-4-5-9-19)26-15-13-25(14-16-26)20-10-12-23-22(24-20)18-6-2-1-3-7-18/h1-3,6-7,10,12,19H,4-5,8-9,11,13-17H2. The Morgan fingerprint density at radius 2 is 1.70 bits per heavy atom. The van der Waals surface area contributed by atoms with E-state index in [1.807, 2.05) is 36.4 Å². The number of nitrogens with zero attached hydrogens (tertiary/aromatic N) is 4. The summed E-state index contributed by atoms with van der Waals surface area (Å²) in [6.07, 6.45) is 5.31. The predicted molar refractivity (Wildman–Crippen MR) is 117 cm³/mol. The van der Waals surface area contributed by atoms with Gasteiger partial charge < -0.3 is 9.80 Å². The largest absolute Gasteiger partial charge is 0.353 e. The minimum absolute atomic E-state index is 0.0247. The van der Waals surface area contributed by atoms with Crippen molar-refractivity contribution in [2.75, 3.05) is 36.8 Å². The van der Waals surface area contributed by atoms with Crippen LogP contribution in [0.3, 0.4) is 0 Å². The maximum absolute atomic E-state index is 12.6. The first-order valence-electron chi connectivity index (χ1n) is 10.7. The van der Waals surface area contributed by atoms with E-state index in [0.717, 1.165) is 37.1 Å². The van der Waals surface area contributed by atoms with Gasteiger partial charge in [0.2, 0.25) is 5.91 Å². The van der Waals surface area contributed by atoms with Crippen LogP contribution in [0.4, 0.5) is 5.82 Å². The molecule has 2 aliphatic rings. The molecule has 1 aromatic carbocycles. The first-order chi connectivity index (χ1) is 14.5. The highest BCUT2D eigenvalue weighted by molar-refractivity contribution is 7.92. The van der Waals surface area contributed by atoms with Gasteiger partial charge in [0, 0.05) is 44.4 Å². The van der Waals surface area contributed by atoms with Crippen molar-refractivity contribution in [1.29, 1.82) is 0 Å². The molecule has 0 radical (unpaired) electrons. The Hall–Kier alpha value is -2.48. The fourth-order valence-corrected chi connectivity index (χ4v) is 6.08. The van der Waals surface area contributed by atoms with Crippen molar-refractivity contribution in [2.45, 2.75) is 37.4 Å². The summed E-state index contributed by atoms with van der Waals surface area (Å²) in [5, 5.41) is -0.237. The van der Waals surface area contributed by atoms with E-state index in [-0.39, 0.29) is 23.3 Å². The summed E-state index contributed by atoms with van der Waals surface area (Å²) in [7, 11) is -3.15. The van der Waals surface area contributed by atoms with Crippen LogP contribution in [-0.4, -0.2) is 66.4 Å². The van der Waals surface area contributed by atoms with E-state index in [2.05, 4.69) is 14.9 Å². The fourth-order valence-electron chi connectivity index (χ4n) is 4.24. The second-order valence-corrected chi connectivity index (χ2v) is 10.4. The van der Waals surface area contributed by atoms with Crippen molar-refractivity contribution in [3.05, 3.63) is 42.6 Å². The Kier molecular flexibility index (Phi) is 6.32. The van der Waals surface area contributed by atoms with Crippen LogP contribution in [0.2, 0.25) is 0 Å². The third kappa shape index (κ3) is 4.80. The molecule has 7 nitrogen and oxygen atoms in total. The van der Waals surface area contributed by atoms with Crippen molar-refractivity contribution in [1.82, 2.24) is 14.9 Å². The number of anilines is 1. The van der Waals surface area contributed by atoms with Gasteiger partial charge in [-0.15, -0.1) is 0 Å². The van der Waals surface area contributed by atoms with Crippen molar-refractivity contribution >= 4 is 21.6 Å². The quantitative estimate of drug-likeness (QED) is 0.703. The highest BCUT2D eigenvalue weighted by Crippen LogP contribution is 2.26. The number of aromatic nitrogens is 2. The van der Waals surface area contributed by atoms with Gasteiger partial charge in [-0.2, -0.15) is 0 Å². The highest BCUT2D eigenvalue weighted by atomic mass is 32.2. The monoisotopic (exact) mass is 428 g/mol. The van der Waals surface area contributed by atoms with Crippen molar-refractivity contribution in [2.24, 2.45) is 0 Å². The number of sulfone groups is 1. The van der Waals surface area contributed by atoms with Gasteiger partial charge in [-0.1, -0.05) is 43.2 Å². The Labute approximate surface area is 178 Å². The van der Waals surface area contributed by atoms with Gasteiger partial charge in [-0.05, 0) is 18.9 Å². The minimum Gasteiger partial charge on any atom is -0.353 e. The summed E-state index contributed by atoms with van der Waals surface area (Å²) >= 11 is 0. The van der Waals surface area contributed by atoms with E-state index in [1.165, 1.54) is 0 Å². The van der Waals surface area contributed by atoms with Gasteiger partial charge in [0.15, 0.2) is 15.7 Å². The summed E-state index contributed by atoms with van der Waals surface area (Å²) in [6.45, 7) is 2.50. The van der Waals surface area contributed by atoms with Crippen LogP contribution in [0.15, 0.2) is 42.6 Å². The van der Waals surface area contributed by atoms with Crippen molar-refractivity contribution in [3.8, 4) is 11.4 Å². The molecule has 4 rings (SSSR count). The van der Waals surface area contributed by atoms with Crippen LogP contribution in [0.1, 0.15) is 32.1 Å². The smallest absolute Gasteiger partial charge is 0.223 e. The van der Waals surface area contributed by atoms with Crippen LogP contribution in [0.5, 0.6) is 0 Å². The van der Waals surface area contributed by atoms with Crippen molar-refractivity contribution < 1.29 is 13.2 Å². The summed E-state index contributed by atoms with van der Waals surface area (Å²) < 4.78 is 24.8. The summed E-state index contributed by atoms with van der Waals surface area (Å²) in [5.74, 6) is 1.44. The molecule has 1 saturated heterocycles. The summed E-state index contributed by atoms with van der Waals surface area (Å²) in [5.41, 5.74) is 0.969. The van der Waals surface area contributed by atoms with Crippen LogP contribution in [0, 0.1) is 0 Å². The normalized spacial score (nSPS) is 18.0. The van der Waals surface area contributed by atoms with Gasteiger partial charge in [0.05, 0.1) is 11.0 Å². The molecule has 1 aromatic heterocycles. The number of carbonyl (C=O) groups is 1. The molecule has 1 saturated carbocycles. The lowest BCUT2D eigenvalue weighted by Gasteiger charge is -2.35. The summed E-state index contributed by atoms with van der Waals surface area (Å²) in [4.78, 5) is 25.5. The number of hydrogen-bond acceptors (Lipinski definition) is 6. The van der Waals surface area contributed by atoms with Gasteiger partial charge in [-0.3, -0.25) is 4.79 Å². The lowest BCUT2D eigenvalue weighted by Crippen LogP contribution is -2.49. The molecule has 0 atom stereocenters. The third-order valence-corrected chi connectivity index (χ3v) is 8.30. The molecular weight excluding hydrogens is 400 g/mol. The molecule has 0 spiro atoms. The summed E-state index contributed by atoms with van der Waals surface area (Å²) in [6, 6.07) is 11.7. The second-order valence-electron chi connectivity index (χ2n) is 8.00. The molecular formula is C22H28N4O3S. The maximum Gasteiger partial charge on any atom is 0.223 e. The fraction of sp³-hybridized carbons (Fsp3) is 0.500. The minimum atomic E-state index is -3.15. The molecule has 1 aliphatic carbocycles. The molecule has 1 aliphatic heterocycles. The molecule has 0 bridgehead atoms. The van der Waals surface area contributed by atoms with Crippen LogP contribution in [-0.2, 0) is 14.6 Å². The number of rotatable bonds is 6. The zero-order valence-electron chi connectivity index (χ0n) is 17.1. The number of carbonyl (C=O) groups excluding carboxylic acids is 1. The SMILES string of the molecule is O=C(CCS(=O)(=O)C1CCCC1)N1CCN(c2ccnc(-c3ccccc3)n2)CC1. The predicted octanol–water partition coefficient (Wildman–Crippen LogP) is 2.54. The van der Waals surface area contributed by atoms with E-state index < -0.39 is 9.84 Å². The van der Waals surface area contributed by atoms with E-state index in [0.29, 0.717) is 32.0 Å². The maximum atomic E-state index is 12.6. The van der Waals surface area contributed by atoms with E-state index in [9.17, 15) is 13.2 Å². The molecule has 160 valence electrons. The Bertz CT molecular complexity index is 967. The van der Waals surface area contributed by atoms with Crippen LogP contribution >= 0.6 is 0 Å². The third-order valence-electron chi connectivity index (χ3n) is 6.04. The van der Waals surface area contributed by atoms with E-state index in [4.69, 9.17) is 0 Å². The molecule has 0 N–H and O–H groups in total. The topological polar surface area (TPSA) is 83.5 Å². The first kappa shape index (κ1) is 20.8. The number of amides is 1. The lowest BCUT2D eigenvalue weighted by atomic mass is 10.2. The molecule has 30 heavy (non-hydrogen) atoms. The zero-order valence-corrected chi connectivity index (χ0v) is 17.9. The first-order valence-corrected chi connectivity index (χ1v) is 12.4. The molecule has 8 heteroatoms. The van der Waals surface area contributed by atoms with Gasteiger partial charge in [0.1, 0.15) is 5.82 Å². The highest BCUT2D eigenvalue weighted by Gasteiger charge is 2.30. The van der Waals surface area contributed by atoms with Gasteiger partial charge in [-0.25, -0.2) is 18.4 Å². The Morgan fingerprint density at radius 1 is 1.00 bits per heavy atom. The molecule has 1 amide bonds. The number of benzene rings is 1. The van der Waals surface area contributed by atoms with Crippen LogP contribution < -0.4 is 4.90 Å². The van der Waals surface area contributed by atoms with E-state index in [1.54, 1.807) is 11.1 Å². The Morgan fingerprint density at radius 3 is 2.40 bits per heavy atom. The van der Waals surface area contributed by atoms with Crippen LogP contribution in [0.25, 0.3) is 11.4 Å². The zero-order chi connectivity index (χ0) is 21.0.